The summed E-state index contributed by atoms with van der Waals surface area (Å²) < 4.78 is 0. The minimum Gasteiger partial charge on any atom is -0.326 e. The van der Waals surface area contributed by atoms with Gasteiger partial charge in [0.1, 0.15) is 0 Å². The number of carbonyl (C=O) groups excluding carboxylic acids is 1. The van der Waals surface area contributed by atoms with Crippen LogP contribution in [0.5, 0.6) is 0 Å². The van der Waals surface area contributed by atoms with Gasteiger partial charge in [0.25, 0.3) is 0 Å². The number of carbonyl (C=O) groups is 1. The Bertz CT molecular complexity index is 335. The van der Waals surface area contributed by atoms with Gasteiger partial charge >= 0.3 is 0 Å². The SMILES string of the molecule is CCCCc1ccc(NC(=O)CCCCl)cc1. The van der Waals surface area contributed by atoms with Crippen molar-refractivity contribution in [3.63, 3.8) is 0 Å². The van der Waals surface area contributed by atoms with E-state index < -0.39 is 0 Å². The number of unbranched alkanes of at least 4 members (excludes halogenated alkanes) is 1. The number of alkyl halides is 1. The van der Waals surface area contributed by atoms with Gasteiger partial charge in [-0.1, -0.05) is 25.5 Å². The van der Waals surface area contributed by atoms with E-state index in [0.717, 1.165) is 18.5 Å². The third-order valence-corrected chi connectivity index (χ3v) is 2.86. The summed E-state index contributed by atoms with van der Waals surface area (Å²) in [5.41, 5.74) is 2.19. The normalized spacial score (nSPS) is 10.2. The van der Waals surface area contributed by atoms with Crippen molar-refractivity contribution in [1.82, 2.24) is 0 Å². The lowest BCUT2D eigenvalue weighted by Gasteiger charge is -2.06. The zero-order valence-electron chi connectivity index (χ0n) is 10.3. The van der Waals surface area contributed by atoms with E-state index in [2.05, 4.69) is 24.4 Å². The molecule has 0 aliphatic rings. The smallest absolute Gasteiger partial charge is 0.224 e. The molecule has 1 amide bonds. The molecule has 3 heteroatoms. The molecule has 0 aromatic heterocycles. The third-order valence-electron chi connectivity index (χ3n) is 2.59. The summed E-state index contributed by atoms with van der Waals surface area (Å²) in [4.78, 5) is 11.5. The lowest BCUT2D eigenvalue weighted by atomic mass is 10.1. The molecular weight excluding hydrogens is 234 g/mol. The summed E-state index contributed by atoms with van der Waals surface area (Å²) in [5, 5.41) is 2.86. The molecule has 0 spiro atoms. The van der Waals surface area contributed by atoms with Gasteiger partial charge in [0, 0.05) is 18.0 Å². The van der Waals surface area contributed by atoms with Crippen LogP contribution in [0, 0.1) is 0 Å². The number of rotatable bonds is 7. The van der Waals surface area contributed by atoms with Crippen LogP contribution >= 0.6 is 11.6 Å². The Kier molecular flexibility index (Phi) is 6.71. The standard InChI is InChI=1S/C14H20ClNO/c1-2-3-5-12-7-9-13(10-8-12)16-14(17)6-4-11-15/h7-10H,2-6,11H2,1H3,(H,16,17). The first kappa shape index (κ1) is 14.0. The second-order valence-electron chi connectivity index (χ2n) is 4.14. The summed E-state index contributed by atoms with van der Waals surface area (Å²) in [6, 6.07) is 8.08. The Labute approximate surface area is 108 Å². The molecule has 0 unspecified atom stereocenters. The van der Waals surface area contributed by atoms with Gasteiger partial charge in [-0.25, -0.2) is 0 Å². The number of hydrogen-bond donors (Lipinski definition) is 1. The first-order chi connectivity index (χ1) is 8.26. The van der Waals surface area contributed by atoms with Crippen LogP contribution in [0.25, 0.3) is 0 Å². The molecule has 0 aliphatic heterocycles. The molecule has 0 atom stereocenters. The Morgan fingerprint density at radius 1 is 1.24 bits per heavy atom. The van der Waals surface area contributed by atoms with Crippen molar-refractivity contribution in [2.45, 2.75) is 39.0 Å². The van der Waals surface area contributed by atoms with Crippen LogP contribution in [0.2, 0.25) is 0 Å². The Morgan fingerprint density at radius 2 is 1.94 bits per heavy atom. The second-order valence-corrected chi connectivity index (χ2v) is 4.52. The maximum Gasteiger partial charge on any atom is 0.224 e. The van der Waals surface area contributed by atoms with Gasteiger partial charge in [-0.15, -0.1) is 11.6 Å². The Morgan fingerprint density at radius 3 is 2.53 bits per heavy atom. The molecule has 0 bridgehead atoms. The number of anilines is 1. The summed E-state index contributed by atoms with van der Waals surface area (Å²) in [6.07, 6.45) is 4.73. The fourth-order valence-electron chi connectivity index (χ4n) is 1.59. The Hall–Kier alpha value is -1.02. The molecule has 1 rings (SSSR count). The largest absolute Gasteiger partial charge is 0.326 e. The van der Waals surface area contributed by atoms with Crippen molar-refractivity contribution in [3.8, 4) is 0 Å². The van der Waals surface area contributed by atoms with Crippen LogP contribution in [-0.4, -0.2) is 11.8 Å². The molecular formula is C14H20ClNO. The van der Waals surface area contributed by atoms with E-state index in [1.807, 2.05) is 12.1 Å². The molecule has 0 saturated heterocycles. The zero-order valence-corrected chi connectivity index (χ0v) is 11.1. The molecule has 0 aliphatic carbocycles. The first-order valence-electron chi connectivity index (χ1n) is 6.21. The van der Waals surface area contributed by atoms with Crippen LogP contribution < -0.4 is 5.32 Å². The molecule has 17 heavy (non-hydrogen) atoms. The predicted octanol–water partition coefficient (Wildman–Crippen LogP) is 3.99. The highest BCUT2D eigenvalue weighted by Crippen LogP contribution is 2.12. The van der Waals surface area contributed by atoms with Crippen molar-refractivity contribution in [1.29, 1.82) is 0 Å². The van der Waals surface area contributed by atoms with Crippen molar-refractivity contribution >= 4 is 23.2 Å². The number of halogens is 1. The molecule has 0 radical (unpaired) electrons. The third kappa shape index (κ3) is 5.73. The quantitative estimate of drug-likeness (QED) is 0.732. The van der Waals surface area contributed by atoms with E-state index >= 15 is 0 Å². The number of amides is 1. The second kappa shape index (κ2) is 8.13. The average molecular weight is 254 g/mol. The van der Waals surface area contributed by atoms with Crippen molar-refractivity contribution in [2.24, 2.45) is 0 Å². The van der Waals surface area contributed by atoms with E-state index in [1.165, 1.54) is 18.4 Å². The maximum absolute atomic E-state index is 11.5. The number of aryl methyl sites for hydroxylation is 1. The zero-order chi connectivity index (χ0) is 12.5. The maximum atomic E-state index is 11.5. The highest BCUT2D eigenvalue weighted by molar-refractivity contribution is 6.18. The molecule has 1 aromatic rings. The molecule has 0 heterocycles. The van der Waals surface area contributed by atoms with E-state index in [-0.39, 0.29) is 5.91 Å². The van der Waals surface area contributed by atoms with E-state index in [1.54, 1.807) is 0 Å². The molecule has 2 nitrogen and oxygen atoms in total. The van der Waals surface area contributed by atoms with Gasteiger partial charge in [-0.3, -0.25) is 4.79 Å². The van der Waals surface area contributed by atoms with E-state index in [4.69, 9.17) is 11.6 Å². The van der Waals surface area contributed by atoms with Gasteiger partial charge in [0.05, 0.1) is 0 Å². The molecule has 0 fully saturated rings. The molecule has 1 aromatic carbocycles. The number of benzene rings is 1. The molecule has 0 saturated carbocycles. The summed E-state index contributed by atoms with van der Waals surface area (Å²) >= 11 is 5.54. The highest BCUT2D eigenvalue weighted by atomic mass is 35.5. The van der Waals surface area contributed by atoms with Crippen molar-refractivity contribution < 1.29 is 4.79 Å². The minimum atomic E-state index is 0.0342. The molecule has 1 N–H and O–H groups in total. The fourth-order valence-corrected chi connectivity index (χ4v) is 1.72. The monoisotopic (exact) mass is 253 g/mol. The summed E-state index contributed by atoms with van der Waals surface area (Å²) in [5.74, 6) is 0.565. The van der Waals surface area contributed by atoms with E-state index in [9.17, 15) is 4.79 Å². The lowest BCUT2D eigenvalue weighted by molar-refractivity contribution is -0.116. The Balaban J connectivity index is 2.42. The van der Waals surface area contributed by atoms with Gasteiger partial charge in [-0.05, 0) is 37.0 Å². The topological polar surface area (TPSA) is 29.1 Å². The van der Waals surface area contributed by atoms with Crippen LogP contribution in [0.4, 0.5) is 5.69 Å². The number of nitrogens with one attached hydrogen (secondary N) is 1. The summed E-state index contributed by atoms with van der Waals surface area (Å²) in [6.45, 7) is 2.19. The summed E-state index contributed by atoms with van der Waals surface area (Å²) in [7, 11) is 0. The van der Waals surface area contributed by atoms with Crippen LogP contribution in [0.3, 0.4) is 0 Å². The first-order valence-corrected chi connectivity index (χ1v) is 6.74. The average Bonchev–Trinajstić information content (AvgIpc) is 2.35. The van der Waals surface area contributed by atoms with Crippen LogP contribution in [0.15, 0.2) is 24.3 Å². The van der Waals surface area contributed by atoms with Crippen LogP contribution in [0.1, 0.15) is 38.2 Å². The minimum absolute atomic E-state index is 0.0342. The van der Waals surface area contributed by atoms with Crippen molar-refractivity contribution in [3.05, 3.63) is 29.8 Å². The van der Waals surface area contributed by atoms with Crippen molar-refractivity contribution in [2.75, 3.05) is 11.2 Å². The fraction of sp³-hybridized carbons (Fsp3) is 0.500. The van der Waals surface area contributed by atoms with Gasteiger partial charge < -0.3 is 5.32 Å². The molecule has 94 valence electrons. The predicted molar refractivity (Wildman–Crippen MR) is 73.6 cm³/mol. The lowest BCUT2D eigenvalue weighted by Crippen LogP contribution is -2.11. The van der Waals surface area contributed by atoms with Crippen LogP contribution in [-0.2, 0) is 11.2 Å². The number of hydrogen-bond acceptors (Lipinski definition) is 1. The van der Waals surface area contributed by atoms with E-state index in [0.29, 0.717) is 12.3 Å². The highest BCUT2D eigenvalue weighted by Gasteiger charge is 2.01. The van der Waals surface area contributed by atoms with Gasteiger partial charge in [0.15, 0.2) is 0 Å². The van der Waals surface area contributed by atoms with Gasteiger partial charge in [0.2, 0.25) is 5.91 Å². The van der Waals surface area contributed by atoms with Gasteiger partial charge in [-0.2, -0.15) is 0 Å².